The third-order valence-corrected chi connectivity index (χ3v) is 3.33. The van der Waals surface area contributed by atoms with Gasteiger partial charge in [-0.2, -0.15) is 0 Å². The Labute approximate surface area is 88.8 Å². The van der Waals surface area contributed by atoms with Gasteiger partial charge in [0, 0.05) is 18.1 Å². The van der Waals surface area contributed by atoms with E-state index in [4.69, 9.17) is 5.73 Å². The van der Waals surface area contributed by atoms with E-state index < -0.39 is 0 Å². The minimum atomic E-state index is 0.284. The normalized spacial score (nSPS) is 22.5. The minimum absolute atomic E-state index is 0.284. The molecule has 0 radical (unpaired) electrons. The summed E-state index contributed by atoms with van der Waals surface area (Å²) in [6, 6.07) is 1.62. The molecule has 0 amide bonds. The van der Waals surface area contributed by atoms with Gasteiger partial charge in [-0.15, -0.1) is 0 Å². The first kappa shape index (κ1) is 12.0. The molecule has 0 saturated heterocycles. The van der Waals surface area contributed by atoms with Crippen molar-refractivity contribution in [3.8, 4) is 0 Å². The maximum Gasteiger partial charge on any atom is 0.0295 e. The summed E-state index contributed by atoms with van der Waals surface area (Å²) in [5, 5.41) is 0. The number of nitrogens with zero attached hydrogens (tertiary/aromatic N) is 1. The molecule has 2 nitrogen and oxygen atoms in total. The second-order valence-electron chi connectivity index (χ2n) is 5.78. The molecule has 2 N–H and O–H groups in total. The molecule has 84 valence electrons. The Kier molecular flexibility index (Phi) is 3.59. The van der Waals surface area contributed by atoms with Gasteiger partial charge in [-0.25, -0.2) is 0 Å². The molecule has 2 unspecified atom stereocenters. The van der Waals surface area contributed by atoms with Gasteiger partial charge in [0.25, 0.3) is 0 Å². The first-order valence-corrected chi connectivity index (χ1v) is 5.85. The van der Waals surface area contributed by atoms with E-state index in [9.17, 15) is 0 Å². The summed E-state index contributed by atoms with van der Waals surface area (Å²) >= 11 is 0. The van der Waals surface area contributed by atoms with Crippen LogP contribution in [0.5, 0.6) is 0 Å². The van der Waals surface area contributed by atoms with Crippen LogP contribution in [0, 0.1) is 5.41 Å². The SMILES string of the molecule is CCC(N)C(N(C)C1CC1)C(C)(C)C. The van der Waals surface area contributed by atoms with Crippen molar-refractivity contribution in [1.82, 2.24) is 4.90 Å². The lowest BCUT2D eigenvalue weighted by atomic mass is 9.80. The molecule has 2 atom stereocenters. The van der Waals surface area contributed by atoms with E-state index in [1.54, 1.807) is 0 Å². The smallest absolute Gasteiger partial charge is 0.0295 e. The molecule has 2 heteroatoms. The van der Waals surface area contributed by atoms with Crippen LogP contribution in [0.3, 0.4) is 0 Å². The van der Waals surface area contributed by atoms with Crippen molar-refractivity contribution in [3.63, 3.8) is 0 Å². The van der Waals surface area contributed by atoms with E-state index in [0.29, 0.717) is 12.1 Å². The van der Waals surface area contributed by atoms with Crippen molar-refractivity contribution in [3.05, 3.63) is 0 Å². The summed E-state index contributed by atoms with van der Waals surface area (Å²) in [4.78, 5) is 2.51. The van der Waals surface area contributed by atoms with Gasteiger partial charge in [0.1, 0.15) is 0 Å². The van der Waals surface area contributed by atoms with Gasteiger partial charge in [-0.05, 0) is 31.7 Å². The zero-order valence-electron chi connectivity index (χ0n) is 10.4. The zero-order chi connectivity index (χ0) is 10.9. The van der Waals surface area contributed by atoms with Crippen molar-refractivity contribution < 1.29 is 0 Å². The van der Waals surface area contributed by atoms with Crippen molar-refractivity contribution in [1.29, 1.82) is 0 Å². The lowest BCUT2D eigenvalue weighted by Crippen LogP contribution is -2.53. The molecule has 0 aromatic heterocycles. The summed E-state index contributed by atoms with van der Waals surface area (Å²) in [7, 11) is 2.24. The lowest BCUT2D eigenvalue weighted by Gasteiger charge is -2.42. The molecule has 0 spiro atoms. The summed E-state index contributed by atoms with van der Waals surface area (Å²) in [5.41, 5.74) is 6.51. The molecule has 0 aliphatic heterocycles. The predicted octanol–water partition coefficient (Wildman–Crippen LogP) is 2.23. The number of hydrogen-bond donors (Lipinski definition) is 1. The van der Waals surface area contributed by atoms with Gasteiger partial charge in [-0.3, -0.25) is 4.90 Å². The highest BCUT2D eigenvalue weighted by atomic mass is 15.2. The Bertz CT molecular complexity index is 179. The van der Waals surface area contributed by atoms with Crippen LogP contribution in [0.4, 0.5) is 0 Å². The highest BCUT2D eigenvalue weighted by Crippen LogP contribution is 2.34. The maximum atomic E-state index is 6.23. The van der Waals surface area contributed by atoms with E-state index in [1.165, 1.54) is 12.8 Å². The number of nitrogens with two attached hydrogens (primary N) is 1. The van der Waals surface area contributed by atoms with Crippen LogP contribution in [-0.2, 0) is 0 Å². The van der Waals surface area contributed by atoms with Crippen LogP contribution in [0.15, 0.2) is 0 Å². The fourth-order valence-corrected chi connectivity index (χ4v) is 2.49. The molecule has 0 bridgehead atoms. The van der Waals surface area contributed by atoms with Gasteiger partial charge in [0.2, 0.25) is 0 Å². The highest BCUT2D eigenvalue weighted by molar-refractivity contribution is 4.95. The van der Waals surface area contributed by atoms with Crippen LogP contribution < -0.4 is 5.73 Å². The van der Waals surface area contributed by atoms with Crippen LogP contribution >= 0.6 is 0 Å². The molecule has 1 aliphatic rings. The third kappa shape index (κ3) is 2.71. The lowest BCUT2D eigenvalue weighted by molar-refractivity contribution is 0.0933. The molecule has 1 fully saturated rings. The minimum Gasteiger partial charge on any atom is -0.326 e. The Morgan fingerprint density at radius 3 is 2.14 bits per heavy atom. The number of rotatable bonds is 4. The number of hydrogen-bond acceptors (Lipinski definition) is 2. The molecule has 1 rings (SSSR count). The standard InChI is InChI=1S/C12H26N2/c1-6-10(13)11(12(2,3)4)14(5)9-7-8-9/h9-11H,6-8,13H2,1-5H3. The maximum absolute atomic E-state index is 6.23. The Morgan fingerprint density at radius 1 is 1.36 bits per heavy atom. The van der Waals surface area contributed by atoms with Crippen LogP contribution in [0.2, 0.25) is 0 Å². The highest BCUT2D eigenvalue weighted by Gasteiger charge is 2.39. The van der Waals surface area contributed by atoms with Gasteiger partial charge in [-0.1, -0.05) is 27.7 Å². The van der Waals surface area contributed by atoms with Crippen molar-refractivity contribution in [2.75, 3.05) is 7.05 Å². The summed E-state index contributed by atoms with van der Waals surface area (Å²) in [6.07, 6.45) is 3.79. The Hall–Kier alpha value is -0.0800. The summed E-state index contributed by atoms with van der Waals surface area (Å²) in [5.74, 6) is 0. The molecule has 0 aromatic carbocycles. The first-order valence-electron chi connectivity index (χ1n) is 5.85. The number of likely N-dealkylation sites (N-methyl/N-ethyl adjacent to an activating group) is 1. The topological polar surface area (TPSA) is 29.3 Å². The molecular formula is C12H26N2. The Morgan fingerprint density at radius 2 is 1.86 bits per heavy atom. The molecule has 14 heavy (non-hydrogen) atoms. The molecule has 1 saturated carbocycles. The monoisotopic (exact) mass is 198 g/mol. The van der Waals surface area contributed by atoms with Gasteiger partial charge >= 0.3 is 0 Å². The Balaban J connectivity index is 2.69. The van der Waals surface area contributed by atoms with Crippen LogP contribution in [0.1, 0.15) is 47.0 Å². The largest absolute Gasteiger partial charge is 0.326 e. The molecule has 0 heterocycles. The van der Waals surface area contributed by atoms with Gasteiger partial charge in [0.15, 0.2) is 0 Å². The van der Waals surface area contributed by atoms with Crippen molar-refractivity contribution in [2.45, 2.75) is 65.1 Å². The van der Waals surface area contributed by atoms with Crippen LogP contribution in [0.25, 0.3) is 0 Å². The summed E-state index contributed by atoms with van der Waals surface area (Å²) < 4.78 is 0. The fraction of sp³-hybridized carbons (Fsp3) is 1.00. The van der Waals surface area contributed by atoms with E-state index >= 15 is 0 Å². The average molecular weight is 198 g/mol. The van der Waals surface area contributed by atoms with Gasteiger partial charge < -0.3 is 5.73 Å². The van der Waals surface area contributed by atoms with E-state index in [1.807, 2.05) is 0 Å². The quantitative estimate of drug-likeness (QED) is 0.750. The van der Waals surface area contributed by atoms with E-state index in [2.05, 4.69) is 39.6 Å². The van der Waals surface area contributed by atoms with Crippen LogP contribution in [-0.4, -0.2) is 30.1 Å². The second kappa shape index (κ2) is 4.19. The zero-order valence-corrected chi connectivity index (χ0v) is 10.4. The molecular weight excluding hydrogens is 172 g/mol. The van der Waals surface area contributed by atoms with Gasteiger partial charge in [0.05, 0.1) is 0 Å². The van der Waals surface area contributed by atoms with Crippen molar-refractivity contribution >= 4 is 0 Å². The third-order valence-electron chi connectivity index (χ3n) is 3.33. The predicted molar refractivity (Wildman–Crippen MR) is 62.3 cm³/mol. The first-order chi connectivity index (χ1) is 6.38. The van der Waals surface area contributed by atoms with Crippen molar-refractivity contribution in [2.24, 2.45) is 11.1 Å². The second-order valence-corrected chi connectivity index (χ2v) is 5.78. The van der Waals surface area contributed by atoms with E-state index in [-0.39, 0.29) is 5.41 Å². The fourth-order valence-electron chi connectivity index (χ4n) is 2.49. The summed E-state index contributed by atoms with van der Waals surface area (Å²) in [6.45, 7) is 9.08. The molecule has 0 aromatic rings. The molecule has 1 aliphatic carbocycles. The average Bonchev–Trinajstić information content (AvgIpc) is 2.83. The van der Waals surface area contributed by atoms with E-state index in [0.717, 1.165) is 12.5 Å².